The molecule has 0 spiro atoms. The van der Waals surface area contributed by atoms with E-state index in [1.807, 2.05) is 0 Å². The predicted molar refractivity (Wildman–Crippen MR) is 69.6 cm³/mol. The molecule has 0 unspecified atom stereocenters. The highest BCUT2D eigenvalue weighted by atomic mass is 19.1. The maximum absolute atomic E-state index is 13.3. The van der Waals surface area contributed by atoms with Crippen LogP contribution in [-0.4, -0.2) is 12.6 Å². The van der Waals surface area contributed by atoms with E-state index in [-0.39, 0.29) is 11.6 Å². The minimum Gasteiger partial charge on any atom is -0.314 e. The van der Waals surface area contributed by atoms with Crippen LogP contribution in [0.3, 0.4) is 0 Å². The smallest absolute Gasteiger partial charge is 0.126 e. The van der Waals surface area contributed by atoms with Crippen LogP contribution < -0.4 is 5.32 Å². The SMILES string of the molecule is Fc1ccc(F)c(CCCCNC2CCCC2)c1. The topological polar surface area (TPSA) is 12.0 Å². The van der Waals surface area contributed by atoms with Crippen LogP contribution in [0.15, 0.2) is 18.2 Å². The first kappa shape index (κ1) is 13.5. The largest absolute Gasteiger partial charge is 0.314 e. The standard InChI is InChI=1S/C15H21F2N/c16-13-8-9-15(17)12(11-13)5-3-4-10-18-14-6-1-2-7-14/h8-9,11,14,18H,1-7,10H2. The lowest BCUT2D eigenvalue weighted by atomic mass is 10.1. The van der Waals surface area contributed by atoms with E-state index >= 15 is 0 Å². The van der Waals surface area contributed by atoms with Crippen molar-refractivity contribution >= 4 is 0 Å². The van der Waals surface area contributed by atoms with Crippen LogP contribution in [0, 0.1) is 11.6 Å². The molecule has 1 N–H and O–H groups in total. The summed E-state index contributed by atoms with van der Waals surface area (Å²) in [6, 6.07) is 4.37. The van der Waals surface area contributed by atoms with E-state index in [2.05, 4.69) is 5.32 Å². The Morgan fingerprint density at radius 1 is 1.11 bits per heavy atom. The number of unbranched alkanes of at least 4 members (excludes halogenated alkanes) is 1. The fourth-order valence-corrected chi connectivity index (χ4v) is 2.61. The summed E-state index contributed by atoms with van der Waals surface area (Å²) in [4.78, 5) is 0. The first-order chi connectivity index (χ1) is 8.75. The van der Waals surface area contributed by atoms with Crippen LogP contribution in [0.2, 0.25) is 0 Å². The number of benzene rings is 1. The van der Waals surface area contributed by atoms with Crippen LogP contribution in [0.5, 0.6) is 0 Å². The lowest BCUT2D eigenvalue weighted by molar-refractivity contribution is 0.505. The van der Waals surface area contributed by atoms with Gasteiger partial charge in [-0.1, -0.05) is 12.8 Å². The monoisotopic (exact) mass is 253 g/mol. The van der Waals surface area contributed by atoms with Gasteiger partial charge in [0.1, 0.15) is 11.6 Å². The molecule has 3 heteroatoms. The lowest BCUT2D eigenvalue weighted by Crippen LogP contribution is -2.26. The summed E-state index contributed by atoms with van der Waals surface area (Å²) in [5.41, 5.74) is 0.496. The molecule has 1 aliphatic rings. The molecule has 1 aliphatic carbocycles. The van der Waals surface area contributed by atoms with Crippen LogP contribution in [0.1, 0.15) is 44.1 Å². The Balaban J connectivity index is 1.64. The zero-order valence-electron chi connectivity index (χ0n) is 10.7. The third-order valence-electron chi connectivity index (χ3n) is 3.67. The number of hydrogen-bond donors (Lipinski definition) is 1. The Morgan fingerprint density at radius 3 is 2.67 bits per heavy atom. The van der Waals surface area contributed by atoms with Gasteiger partial charge in [0.05, 0.1) is 0 Å². The summed E-state index contributed by atoms with van der Waals surface area (Å²) in [5, 5.41) is 3.53. The van der Waals surface area contributed by atoms with Gasteiger partial charge in [0.2, 0.25) is 0 Å². The molecule has 0 bridgehead atoms. The highest BCUT2D eigenvalue weighted by Gasteiger charge is 2.13. The van der Waals surface area contributed by atoms with Gasteiger partial charge in [0.25, 0.3) is 0 Å². The molecule has 100 valence electrons. The quantitative estimate of drug-likeness (QED) is 0.760. The average molecular weight is 253 g/mol. The summed E-state index contributed by atoms with van der Waals surface area (Å²) >= 11 is 0. The molecule has 1 fully saturated rings. The number of aryl methyl sites for hydroxylation is 1. The van der Waals surface area contributed by atoms with E-state index in [1.54, 1.807) is 0 Å². The van der Waals surface area contributed by atoms with Crippen molar-refractivity contribution < 1.29 is 8.78 Å². The molecule has 1 nitrogen and oxygen atoms in total. The number of rotatable bonds is 6. The summed E-state index contributed by atoms with van der Waals surface area (Å²) in [6.07, 6.45) is 7.80. The number of hydrogen-bond acceptors (Lipinski definition) is 1. The third kappa shape index (κ3) is 4.05. The number of halogens is 2. The molecule has 0 aliphatic heterocycles. The van der Waals surface area contributed by atoms with Gasteiger partial charge < -0.3 is 5.32 Å². The highest BCUT2D eigenvalue weighted by Crippen LogP contribution is 2.17. The van der Waals surface area contributed by atoms with Crippen LogP contribution in [0.25, 0.3) is 0 Å². The molecule has 0 aromatic heterocycles. The van der Waals surface area contributed by atoms with Gasteiger partial charge in [-0.15, -0.1) is 0 Å². The summed E-state index contributed by atoms with van der Waals surface area (Å²) < 4.78 is 26.3. The predicted octanol–water partition coefficient (Wildman–Crippen LogP) is 3.82. The molecule has 2 rings (SSSR count). The first-order valence-corrected chi connectivity index (χ1v) is 6.93. The van der Waals surface area contributed by atoms with Crippen molar-refractivity contribution in [3.05, 3.63) is 35.4 Å². The van der Waals surface area contributed by atoms with Crippen molar-refractivity contribution in [1.82, 2.24) is 5.32 Å². The molecule has 1 aromatic rings. The summed E-state index contributed by atoms with van der Waals surface area (Å²) in [5.74, 6) is -0.643. The van der Waals surface area contributed by atoms with Gasteiger partial charge >= 0.3 is 0 Å². The van der Waals surface area contributed by atoms with E-state index in [4.69, 9.17) is 0 Å². The van der Waals surface area contributed by atoms with Crippen LogP contribution >= 0.6 is 0 Å². The van der Waals surface area contributed by atoms with Crippen molar-refractivity contribution in [3.63, 3.8) is 0 Å². The molecule has 18 heavy (non-hydrogen) atoms. The van der Waals surface area contributed by atoms with Gasteiger partial charge in [-0.25, -0.2) is 8.78 Å². The molecule has 0 atom stereocenters. The minimum absolute atomic E-state index is 0.292. The summed E-state index contributed by atoms with van der Waals surface area (Å²) in [6.45, 7) is 0.988. The van der Waals surface area contributed by atoms with Crippen molar-refractivity contribution in [1.29, 1.82) is 0 Å². The molecule has 1 saturated carbocycles. The maximum Gasteiger partial charge on any atom is 0.126 e. The van der Waals surface area contributed by atoms with E-state index in [0.717, 1.165) is 19.4 Å². The second kappa shape index (κ2) is 6.83. The van der Waals surface area contributed by atoms with E-state index in [9.17, 15) is 8.78 Å². The third-order valence-corrected chi connectivity index (χ3v) is 3.67. The minimum atomic E-state index is -0.351. The van der Waals surface area contributed by atoms with E-state index in [1.165, 1.54) is 43.9 Å². The van der Waals surface area contributed by atoms with E-state index in [0.29, 0.717) is 18.0 Å². The highest BCUT2D eigenvalue weighted by molar-refractivity contribution is 5.18. The van der Waals surface area contributed by atoms with Gasteiger partial charge in [-0.05, 0) is 62.4 Å². The Hall–Kier alpha value is -0.960. The van der Waals surface area contributed by atoms with Gasteiger partial charge in [0, 0.05) is 6.04 Å². The second-order valence-corrected chi connectivity index (χ2v) is 5.13. The molecule has 0 radical (unpaired) electrons. The van der Waals surface area contributed by atoms with Gasteiger partial charge in [-0.3, -0.25) is 0 Å². The Bertz CT molecular complexity index is 373. The molecule has 0 amide bonds. The second-order valence-electron chi connectivity index (χ2n) is 5.13. The maximum atomic E-state index is 13.3. The van der Waals surface area contributed by atoms with Gasteiger partial charge in [0.15, 0.2) is 0 Å². The molecular formula is C15H21F2N. The Morgan fingerprint density at radius 2 is 1.89 bits per heavy atom. The zero-order valence-corrected chi connectivity index (χ0v) is 10.7. The first-order valence-electron chi connectivity index (χ1n) is 6.93. The lowest BCUT2D eigenvalue weighted by Gasteiger charge is -2.11. The molecular weight excluding hydrogens is 232 g/mol. The fourth-order valence-electron chi connectivity index (χ4n) is 2.61. The van der Waals surface area contributed by atoms with E-state index < -0.39 is 0 Å². The van der Waals surface area contributed by atoms with Crippen molar-refractivity contribution in [3.8, 4) is 0 Å². The molecule has 1 aromatic carbocycles. The zero-order chi connectivity index (χ0) is 12.8. The molecule has 0 saturated heterocycles. The Labute approximate surface area is 108 Å². The molecule has 0 heterocycles. The average Bonchev–Trinajstić information content (AvgIpc) is 2.86. The van der Waals surface area contributed by atoms with Gasteiger partial charge in [-0.2, -0.15) is 0 Å². The Kier molecular flexibility index (Phi) is 5.12. The number of nitrogens with one attached hydrogen (secondary N) is 1. The van der Waals surface area contributed by atoms with Crippen molar-refractivity contribution in [2.75, 3.05) is 6.54 Å². The van der Waals surface area contributed by atoms with Crippen molar-refractivity contribution in [2.24, 2.45) is 0 Å². The van der Waals surface area contributed by atoms with Crippen molar-refractivity contribution in [2.45, 2.75) is 51.0 Å². The fraction of sp³-hybridized carbons (Fsp3) is 0.600. The normalized spacial score (nSPS) is 16.3. The van der Waals surface area contributed by atoms with Crippen LogP contribution in [-0.2, 0) is 6.42 Å². The summed E-state index contributed by atoms with van der Waals surface area (Å²) in [7, 11) is 0. The van der Waals surface area contributed by atoms with Crippen LogP contribution in [0.4, 0.5) is 8.78 Å².